The van der Waals surface area contributed by atoms with Gasteiger partial charge in [0.25, 0.3) is 0 Å². The molecule has 2 aromatic rings. The fourth-order valence-corrected chi connectivity index (χ4v) is 1.94. The van der Waals surface area contributed by atoms with E-state index in [9.17, 15) is 0 Å². The number of aromatic nitrogens is 1. The van der Waals surface area contributed by atoms with Gasteiger partial charge in [0, 0.05) is 16.1 Å². The third-order valence-electron chi connectivity index (χ3n) is 2.34. The van der Waals surface area contributed by atoms with Crippen LogP contribution in [0, 0.1) is 0 Å². The predicted octanol–water partition coefficient (Wildman–Crippen LogP) is 3.14. The molecule has 0 atom stereocenters. The molecule has 2 N–H and O–H groups in total. The second-order valence-corrected chi connectivity index (χ2v) is 4.13. The van der Waals surface area contributed by atoms with E-state index in [1.54, 1.807) is 0 Å². The van der Waals surface area contributed by atoms with Gasteiger partial charge in [0.15, 0.2) is 0 Å². The highest BCUT2D eigenvalue weighted by atomic mass is 79.9. The normalized spacial score (nSPS) is 10.7. The summed E-state index contributed by atoms with van der Waals surface area (Å²) in [7, 11) is 0. The number of rotatable bonds is 1. The van der Waals surface area contributed by atoms with Gasteiger partial charge < -0.3 is 5.73 Å². The summed E-state index contributed by atoms with van der Waals surface area (Å²) in [5, 5.41) is 2.22. The summed E-state index contributed by atoms with van der Waals surface area (Å²) in [5.41, 5.74) is 7.05. The summed E-state index contributed by atoms with van der Waals surface area (Å²) >= 11 is 3.43. The van der Waals surface area contributed by atoms with E-state index in [2.05, 4.69) is 33.9 Å². The molecule has 0 aliphatic heterocycles. The molecule has 0 aliphatic rings. The number of halogens is 1. The molecule has 0 saturated heterocycles. The first-order chi connectivity index (χ1) is 6.72. The van der Waals surface area contributed by atoms with Crippen LogP contribution < -0.4 is 5.73 Å². The van der Waals surface area contributed by atoms with Crippen molar-refractivity contribution in [1.82, 2.24) is 4.98 Å². The van der Waals surface area contributed by atoms with Gasteiger partial charge in [-0.1, -0.05) is 28.9 Å². The minimum Gasteiger partial charge on any atom is -0.383 e. The summed E-state index contributed by atoms with van der Waals surface area (Å²) in [6.45, 7) is 2.12. The topological polar surface area (TPSA) is 38.9 Å². The lowest BCUT2D eigenvalue weighted by Gasteiger charge is -2.06. The largest absolute Gasteiger partial charge is 0.383 e. The Morgan fingerprint density at radius 3 is 2.86 bits per heavy atom. The molecule has 0 saturated carbocycles. The highest BCUT2D eigenvalue weighted by Crippen LogP contribution is 2.26. The molecule has 0 radical (unpaired) electrons. The Morgan fingerprint density at radius 1 is 1.36 bits per heavy atom. The lowest BCUT2D eigenvalue weighted by Crippen LogP contribution is -1.94. The van der Waals surface area contributed by atoms with Crippen LogP contribution in [-0.2, 0) is 6.42 Å². The summed E-state index contributed by atoms with van der Waals surface area (Å²) in [6.07, 6.45) is 2.83. The molecule has 2 rings (SSSR count). The zero-order chi connectivity index (χ0) is 10.1. The van der Waals surface area contributed by atoms with E-state index in [0.717, 1.165) is 16.3 Å². The van der Waals surface area contributed by atoms with Crippen LogP contribution in [0.25, 0.3) is 10.8 Å². The second kappa shape index (κ2) is 3.58. The number of anilines is 1. The van der Waals surface area contributed by atoms with Gasteiger partial charge in [-0.3, -0.25) is 0 Å². The molecular formula is C11H11BrN2. The van der Waals surface area contributed by atoms with Crippen molar-refractivity contribution in [3.05, 3.63) is 34.4 Å². The molecule has 0 spiro atoms. The number of nitrogens with zero attached hydrogens (tertiary/aromatic N) is 1. The molecular weight excluding hydrogens is 240 g/mol. The van der Waals surface area contributed by atoms with Gasteiger partial charge in [-0.25, -0.2) is 4.98 Å². The molecule has 14 heavy (non-hydrogen) atoms. The Hall–Kier alpha value is -1.09. The second-order valence-electron chi connectivity index (χ2n) is 3.21. The first kappa shape index (κ1) is 9.46. The lowest BCUT2D eigenvalue weighted by atomic mass is 10.1. The summed E-state index contributed by atoms with van der Waals surface area (Å²) in [5.74, 6) is 0.596. The molecule has 1 aromatic carbocycles. The van der Waals surface area contributed by atoms with Crippen LogP contribution in [0.4, 0.5) is 5.82 Å². The van der Waals surface area contributed by atoms with Gasteiger partial charge in [-0.2, -0.15) is 0 Å². The number of nitrogen functional groups attached to an aromatic ring is 1. The lowest BCUT2D eigenvalue weighted by molar-refractivity contribution is 1.13. The van der Waals surface area contributed by atoms with Crippen LogP contribution >= 0.6 is 15.9 Å². The maximum absolute atomic E-state index is 5.82. The van der Waals surface area contributed by atoms with Gasteiger partial charge in [0.05, 0.1) is 0 Å². The van der Waals surface area contributed by atoms with Crippen LogP contribution in [0.1, 0.15) is 12.5 Å². The van der Waals surface area contributed by atoms with E-state index >= 15 is 0 Å². The minimum absolute atomic E-state index is 0.596. The number of hydrogen-bond donors (Lipinski definition) is 1. The zero-order valence-corrected chi connectivity index (χ0v) is 9.51. The number of aryl methyl sites for hydroxylation is 1. The Kier molecular flexibility index (Phi) is 2.42. The zero-order valence-electron chi connectivity index (χ0n) is 7.92. The average molecular weight is 251 g/mol. The van der Waals surface area contributed by atoms with E-state index in [0.29, 0.717) is 5.82 Å². The van der Waals surface area contributed by atoms with Gasteiger partial charge in [0.1, 0.15) is 5.82 Å². The van der Waals surface area contributed by atoms with Gasteiger partial charge in [-0.15, -0.1) is 0 Å². The maximum atomic E-state index is 5.82. The Labute approximate surface area is 91.3 Å². The van der Waals surface area contributed by atoms with Crippen molar-refractivity contribution in [1.29, 1.82) is 0 Å². The molecule has 2 nitrogen and oxygen atoms in total. The number of benzene rings is 1. The van der Waals surface area contributed by atoms with E-state index in [1.807, 2.05) is 18.3 Å². The van der Waals surface area contributed by atoms with E-state index in [-0.39, 0.29) is 0 Å². The van der Waals surface area contributed by atoms with Crippen molar-refractivity contribution in [2.75, 3.05) is 5.73 Å². The molecule has 0 amide bonds. The number of hydrogen-bond acceptors (Lipinski definition) is 2. The van der Waals surface area contributed by atoms with Crippen LogP contribution in [0.15, 0.2) is 28.9 Å². The van der Waals surface area contributed by atoms with Gasteiger partial charge in [-0.05, 0) is 29.5 Å². The number of nitrogens with two attached hydrogens (primary N) is 1. The van der Waals surface area contributed by atoms with Crippen LogP contribution in [0.5, 0.6) is 0 Å². The smallest absolute Gasteiger partial charge is 0.131 e. The molecule has 1 aromatic heterocycles. The predicted molar refractivity (Wildman–Crippen MR) is 63.2 cm³/mol. The molecule has 0 unspecified atom stereocenters. The molecule has 0 aliphatic carbocycles. The van der Waals surface area contributed by atoms with Crippen LogP contribution in [0.3, 0.4) is 0 Å². The van der Waals surface area contributed by atoms with E-state index < -0.39 is 0 Å². The standard InChI is InChI=1S/C11H11BrN2/c1-2-7-6-14-11(13)10-5-8(12)3-4-9(7)10/h3-6H,2H2,1H3,(H2,13,14). The minimum atomic E-state index is 0.596. The molecule has 72 valence electrons. The first-order valence-corrected chi connectivity index (χ1v) is 5.34. The summed E-state index contributed by atoms with van der Waals surface area (Å²) in [4.78, 5) is 4.18. The van der Waals surface area contributed by atoms with E-state index in [4.69, 9.17) is 5.73 Å². The fraction of sp³-hybridized carbons (Fsp3) is 0.182. The van der Waals surface area contributed by atoms with Crippen molar-refractivity contribution in [3.8, 4) is 0 Å². The van der Waals surface area contributed by atoms with Crippen molar-refractivity contribution < 1.29 is 0 Å². The molecule has 1 heterocycles. The Bertz CT molecular complexity index is 480. The van der Waals surface area contributed by atoms with Crippen molar-refractivity contribution >= 4 is 32.5 Å². The van der Waals surface area contributed by atoms with Crippen molar-refractivity contribution in [3.63, 3.8) is 0 Å². The third-order valence-corrected chi connectivity index (χ3v) is 2.84. The van der Waals surface area contributed by atoms with Gasteiger partial charge >= 0.3 is 0 Å². The third kappa shape index (κ3) is 1.48. The Morgan fingerprint density at radius 2 is 2.14 bits per heavy atom. The number of pyridine rings is 1. The fourth-order valence-electron chi connectivity index (χ4n) is 1.58. The monoisotopic (exact) mass is 250 g/mol. The van der Waals surface area contributed by atoms with Crippen molar-refractivity contribution in [2.24, 2.45) is 0 Å². The van der Waals surface area contributed by atoms with Gasteiger partial charge in [0.2, 0.25) is 0 Å². The SMILES string of the molecule is CCc1cnc(N)c2cc(Br)ccc12. The van der Waals surface area contributed by atoms with E-state index in [1.165, 1.54) is 10.9 Å². The van der Waals surface area contributed by atoms with Crippen LogP contribution in [-0.4, -0.2) is 4.98 Å². The average Bonchev–Trinajstić information content (AvgIpc) is 2.19. The summed E-state index contributed by atoms with van der Waals surface area (Å²) in [6, 6.07) is 6.12. The number of fused-ring (bicyclic) bond motifs is 1. The summed E-state index contributed by atoms with van der Waals surface area (Å²) < 4.78 is 1.03. The first-order valence-electron chi connectivity index (χ1n) is 4.55. The highest BCUT2D eigenvalue weighted by molar-refractivity contribution is 9.10. The molecule has 3 heteroatoms. The molecule has 0 bridgehead atoms. The van der Waals surface area contributed by atoms with Crippen molar-refractivity contribution in [2.45, 2.75) is 13.3 Å². The maximum Gasteiger partial charge on any atom is 0.131 e. The van der Waals surface area contributed by atoms with Crippen LogP contribution in [0.2, 0.25) is 0 Å². The molecule has 0 fully saturated rings. The Balaban J connectivity index is 2.84. The quantitative estimate of drug-likeness (QED) is 0.845. The highest BCUT2D eigenvalue weighted by Gasteiger charge is 2.03.